The van der Waals surface area contributed by atoms with Crippen LogP contribution in [-0.2, 0) is 21.2 Å². The molecule has 0 bridgehead atoms. The summed E-state index contributed by atoms with van der Waals surface area (Å²) in [4.78, 5) is 13.5. The summed E-state index contributed by atoms with van der Waals surface area (Å²) in [5, 5.41) is 3.30. The zero-order valence-electron chi connectivity index (χ0n) is 15.8. The van der Waals surface area contributed by atoms with Gasteiger partial charge in [0.25, 0.3) is 10.0 Å². The quantitative estimate of drug-likeness (QED) is 0.796. The summed E-state index contributed by atoms with van der Waals surface area (Å²) in [6, 6.07) is 12.1. The van der Waals surface area contributed by atoms with Gasteiger partial charge in [-0.3, -0.25) is 9.52 Å². The van der Waals surface area contributed by atoms with Crippen LogP contribution >= 0.6 is 0 Å². The summed E-state index contributed by atoms with van der Waals surface area (Å²) in [5.74, 6) is 0.496. The van der Waals surface area contributed by atoms with Crippen molar-refractivity contribution in [2.75, 3.05) is 28.0 Å². The number of rotatable bonds is 6. The van der Waals surface area contributed by atoms with E-state index in [9.17, 15) is 13.2 Å². The molecular formula is C20H25N3O3S. The average molecular weight is 388 g/mol. The van der Waals surface area contributed by atoms with Crippen LogP contribution < -0.4 is 14.9 Å². The third-order valence-corrected chi connectivity index (χ3v) is 5.87. The number of carbonyl (C=O) groups excluding carboxylic acids is 1. The number of amides is 1. The highest BCUT2D eigenvalue weighted by Crippen LogP contribution is 2.30. The molecule has 0 saturated carbocycles. The second-order valence-corrected chi connectivity index (χ2v) is 8.85. The van der Waals surface area contributed by atoms with Gasteiger partial charge in [0.05, 0.1) is 4.90 Å². The molecule has 1 heterocycles. The second-order valence-electron chi connectivity index (χ2n) is 7.17. The molecule has 0 spiro atoms. The highest BCUT2D eigenvalue weighted by Gasteiger charge is 2.24. The highest BCUT2D eigenvalue weighted by atomic mass is 32.2. The molecule has 0 aliphatic carbocycles. The molecule has 1 amide bonds. The number of nitrogens with one attached hydrogen (secondary N) is 2. The number of carbonyl (C=O) groups is 1. The van der Waals surface area contributed by atoms with E-state index in [0.29, 0.717) is 24.6 Å². The second kappa shape index (κ2) is 7.60. The van der Waals surface area contributed by atoms with Gasteiger partial charge in [-0.05, 0) is 60.4 Å². The van der Waals surface area contributed by atoms with Crippen molar-refractivity contribution in [2.24, 2.45) is 5.92 Å². The number of benzene rings is 2. The van der Waals surface area contributed by atoms with Crippen molar-refractivity contribution >= 4 is 33.0 Å². The standard InChI is InChI=1S/C20H25N3O3S/c1-14(2)13-21-17-4-6-18(7-5-17)22-27(25,26)19-8-9-20-16(12-19)10-11-23(20)15(3)24/h4-9,12,14,21-22H,10-11,13H2,1-3H3. The molecule has 7 heteroatoms. The van der Waals surface area contributed by atoms with E-state index in [1.807, 2.05) is 12.1 Å². The molecule has 6 nitrogen and oxygen atoms in total. The number of hydrogen-bond acceptors (Lipinski definition) is 4. The molecule has 27 heavy (non-hydrogen) atoms. The van der Waals surface area contributed by atoms with Crippen LogP contribution in [0.4, 0.5) is 17.1 Å². The molecule has 3 rings (SSSR count). The van der Waals surface area contributed by atoms with E-state index < -0.39 is 10.0 Å². The van der Waals surface area contributed by atoms with Gasteiger partial charge in [0, 0.05) is 37.1 Å². The van der Waals surface area contributed by atoms with Crippen molar-refractivity contribution in [3.05, 3.63) is 48.0 Å². The number of fused-ring (bicyclic) bond motifs is 1. The van der Waals surface area contributed by atoms with Gasteiger partial charge >= 0.3 is 0 Å². The summed E-state index contributed by atoms with van der Waals surface area (Å²) in [7, 11) is -3.69. The van der Waals surface area contributed by atoms with Gasteiger partial charge in [0.2, 0.25) is 5.91 Å². The molecule has 2 aromatic carbocycles. The predicted molar refractivity (Wildman–Crippen MR) is 109 cm³/mol. The molecule has 0 saturated heterocycles. The summed E-state index contributed by atoms with van der Waals surface area (Å²) < 4.78 is 28.0. The Morgan fingerprint density at radius 2 is 1.78 bits per heavy atom. The van der Waals surface area contributed by atoms with Crippen molar-refractivity contribution in [3.8, 4) is 0 Å². The number of anilines is 3. The van der Waals surface area contributed by atoms with Crippen LogP contribution in [0.15, 0.2) is 47.4 Å². The Labute approximate surface area is 160 Å². The summed E-state index contributed by atoms with van der Waals surface area (Å²) in [6.07, 6.45) is 0.661. The summed E-state index contributed by atoms with van der Waals surface area (Å²) >= 11 is 0. The van der Waals surface area contributed by atoms with Gasteiger partial charge in [-0.15, -0.1) is 0 Å². The fraction of sp³-hybridized carbons (Fsp3) is 0.350. The van der Waals surface area contributed by atoms with E-state index in [1.54, 1.807) is 35.2 Å². The van der Waals surface area contributed by atoms with Crippen molar-refractivity contribution in [1.29, 1.82) is 0 Å². The monoisotopic (exact) mass is 387 g/mol. The minimum atomic E-state index is -3.69. The van der Waals surface area contributed by atoms with Gasteiger partial charge < -0.3 is 10.2 Å². The van der Waals surface area contributed by atoms with Gasteiger partial charge in [-0.25, -0.2) is 8.42 Å². The maximum atomic E-state index is 12.7. The van der Waals surface area contributed by atoms with E-state index in [1.165, 1.54) is 6.92 Å². The first-order valence-corrected chi connectivity index (χ1v) is 10.5. The number of sulfonamides is 1. The van der Waals surface area contributed by atoms with E-state index >= 15 is 0 Å². The Morgan fingerprint density at radius 1 is 1.11 bits per heavy atom. The maximum Gasteiger partial charge on any atom is 0.261 e. The SMILES string of the molecule is CC(=O)N1CCc2cc(S(=O)(=O)Nc3ccc(NCC(C)C)cc3)ccc21. The highest BCUT2D eigenvalue weighted by molar-refractivity contribution is 7.92. The number of hydrogen-bond donors (Lipinski definition) is 2. The first-order chi connectivity index (χ1) is 12.8. The minimum absolute atomic E-state index is 0.0337. The fourth-order valence-electron chi connectivity index (χ4n) is 3.06. The molecule has 0 radical (unpaired) electrons. The maximum absolute atomic E-state index is 12.7. The van der Waals surface area contributed by atoms with Crippen LogP contribution in [0.2, 0.25) is 0 Å². The first-order valence-electron chi connectivity index (χ1n) is 9.04. The van der Waals surface area contributed by atoms with E-state index in [4.69, 9.17) is 0 Å². The zero-order chi connectivity index (χ0) is 19.6. The van der Waals surface area contributed by atoms with Gasteiger partial charge in [0.15, 0.2) is 0 Å². The van der Waals surface area contributed by atoms with Crippen molar-refractivity contribution in [2.45, 2.75) is 32.1 Å². The normalized spacial score (nSPS) is 13.6. The van der Waals surface area contributed by atoms with Crippen LogP contribution in [0.1, 0.15) is 26.3 Å². The van der Waals surface area contributed by atoms with Crippen LogP contribution in [0, 0.1) is 5.92 Å². The molecule has 2 N–H and O–H groups in total. The fourth-order valence-corrected chi connectivity index (χ4v) is 4.17. The topological polar surface area (TPSA) is 78.5 Å². The Bertz CT molecular complexity index is 937. The lowest BCUT2D eigenvalue weighted by atomic mass is 10.2. The van der Waals surface area contributed by atoms with Crippen molar-refractivity contribution in [3.63, 3.8) is 0 Å². The molecule has 2 aromatic rings. The third-order valence-electron chi connectivity index (χ3n) is 4.49. The van der Waals surface area contributed by atoms with Crippen LogP contribution in [-0.4, -0.2) is 27.4 Å². The molecule has 0 atom stereocenters. The predicted octanol–water partition coefficient (Wildman–Crippen LogP) is 3.46. The third kappa shape index (κ3) is 4.42. The smallest absolute Gasteiger partial charge is 0.261 e. The van der Waals surface area contributed by atoms with Crippen molar-refractivity contribution in [1.82, 2.24) is 0 Å². The lowest BCUT2D eigenvalue weighted by Gasteiger charge is -2.15. The van der Waals surface area contributed by atoms with E-state index in [-0.39, 0.29) is 10.8 Å². The largest absolute Gasteiger partial charge is 0.385 e. The summed E-state index contributed by atoms with van der Waals surface area (Å²) in [5.41, 5.74) is 3.13. The first kappa shape index (κ1) is 19.2. The minimum Gasteiger partial charge on any atom is -0.385 e. The van der Waals surface area contributed by atoms with Crippen LogP contribution in [0.5, 0.6) is 0 Å². The zero-order valence-corrected chi connectivity index (χ0v) is 16.6. The van der Waals surface area contributed by atoms with E-state index in [0.717, 1.165) is 23.5 Å². The number of nitrogens with zero attached hydrogens (tertiary/aromatic N) is 1. The van der Waals surface area contributed by atoms with Crippen LogP contribution in [0.3, 0.4) is 0 Å². The Kier molecular flexibility index (Phi) is 5.41. The molecule has 1 aliphatic heterocycles. The Balaban J connectivity index is 1.75. The molecule has 0 unspecified atom stereocenters. The average Bonchev–Trinajstić information content (AvgIpc) is 3.04. The molecule has 1 aliphatic rings. The summed E-state index contributed by atoms with van der Waals surface area (Å²) in [6.45, 7) is 7.22. The van der Waals surface area contributed by atoms with Crippen LogP contribution in [0.25, 0.3) is 0 Å². The van der Waals surface area contributed by atoms with Gasteiger partial charge in [0.1, 0.15) is 0 Å². The van der Waals surface area contributed by atoms with Crippen molar-refractivity contribution < 1.29 is 13.2 Å². The lowest BCUT2D eigenvalue weighted by Crippen LogP contribution is -2.25. The molecular weight excluding hydrogens is 362 g/mol. The molecule has 0 fully saturated rings. The Morgan fingerprint density at radius 3 is 2.41 bits per heavy atom. The lowest BCUT2D eigenvalue weighted by molar-refractivity contribution is -0.116. The van der Waals surface area contributed by atoms with Gasteiger partial charge in [-0.2, -0.15) is 0 Å². The van der Waals surface area contributed by atoms with Gasteiger partial charge in [-0.1, -0.05) is 13.8 Å². The molecule has 0 aromatic heterocycles. The Hall–Kier alpha value is -2.54. The molecule has 144 valence electrons. The van der Waals surface area contributed by atoms with E-state index in [2.05, 4.69) is 23.9 Å².